The molecule has 2 nitrogen and oxygen atoms in total. The monoisotopic (exact) mass is 260 g/mol. The first-order chi connectivity index (χ1) is 9.15. The van der Waals surface area contributed by atoms with Crippen LogP contribution in [-0.4, -0.2) is 25.7 Å². The van der Waals surface area contributed by atoms with Crippen LogP contribution >= 0.6 is 0 Å². The first-order valence-corrected chi connectivity index (χ1v) is 7.68. The van der Waals surface area contributed by atoms with Crippen LogP contribution in [0.1, 0.15) is 33.6 Å². The third-order valence-corrected chi connectivity index (χ3v) is 3.94. The van der Waals surface area contributed by atoms with Crippen molar-refractivity contribution in [2.75, 3.05) is 24.5 Å². The average molecular weight is 260 g/mol. The van der Waals surface area contributed by atoms with E-state index in [-0.39, 0.29) is 0 Å². The molecule has 2 unspecified atom stereocenters. The third kappa shape index (κ3) is 4.54. The highest BCUT2D eigenvalue weighted by Gasteiger charge is 2.24. The fourth-order valence-electron chi connectivity index (χ4n) is 2.93. The molecule has 0 radical (unpaired) electrons. The molecule has 0 amide bonds. The van der Waals surface area contributed by atoms with Crippen molar-refractivity contribution in [2.24, 2.45) is 11.8 Å². The molecule has 0 aromatic heterocycles. The van der Waals surface area contributed by atoms with Gasteiger partial charge in [0.05, 0.1) is 0 Å². The van der Waals surface area contributed by atoms with Crippen molar-refractivity contribution in [3.05, 3.63) is 30.3 Å². The second-order valence-electron chi connectivity index (χ2n) is 6.41. The predicted molar refractivity (Wildman–Crippen MR) is 83.7 cm³/mol. The number of rotatable bonds is 5. The molecular weight excluding hydrogens is 232 g/mol. The zero-order valence-electron chi connectivity index (χ0n) is 12.6. The molecule has 1 aromatic carbocycles. The van der Waals surface area contributed by atoms with Gasteiger partial charge >= 0.3 is 0 Å². The summed E-state index contributed by atoms with van der Waals surface area (Å²) in [6.45, 7) is 10.4. The van der Waals surface area contributed by atoms with Crippen LogP contribution in [0.2, 0.25) is 0 Å². The number of benzene rings is 1. The van der Waals surface area contributed by atoms with E-state index in [1.807, 2.05) is 0 Å². The van der Waals surface area contributed by atoms with Crippen LogP contribution in [0.5, 0.6) is 0 Å². The van der Waals surface area contributed by atoms with Crippen LogP contribution in [0.4, 0.5) is 5.69 Å². The highest BCUT2D eigenvalue weighted by molar-refractivity contribution is 5.46. The fourth-order valence-corrected chi connectivity index (χ4v) is 2.93. The van der Waals surface area contributed by atoms with Crippen molar-refractivity contribution in [3.8, 4) is 0 Å². The van der Waals surface area contributed by atoms with E-state index in [1.165, 1.54) is 25.1 Å². The van der Waals surface area contributed by atoms with Gasteiger partial charge in [-0.2, -0.15) is 0 Å². The minimum atomic E-state index is 0.641. The summed E-state index contributed by atoms with van der Waals surface area (Å²) in [6.07, 6.45) is 2.58. The van der Waals surface area contributed by atoms with E-state index in [4.69, 9.17) is 0 Å². The van der Waals surface area contributed by atoms with Crippen LogP contribution < -0.4 is 10.2 Å². The molecule has 19 heavy (non-hydrogen) atoms. The summed E-state index contributed by atoms with van der Waals surface area (Å²) in [5.74, 6) is 1.56. The second kappa shape index (κ2) is 6.95. The molecule has 1 aliphatic rings. The zero-order chi connectivity index (χ0) is 13.7. The topological polar surface area (TPSA) is 15.3 Å². The Morgan fingerprint density at radius 3 is 2.63 bits per heavy atom. The summed E-state index contributed by atoms with van der Waals surface area (Å²) in [4.78, 5) is 2.53. The summed E-state index contributed by atoms with van der Waals surface area (Å²) in [5.41, 5.74) is 1.37. The van der Waals surface area contributed by atoms with E-state index in [0.29, 0.717) is 6.04 Å². The lowest BCUT2D eigenvalue weighted by Crippen LogP contribution is -2.49. The van der Waals surface area contributed by atoms with Gasteiger partial charge in [0.1, 0.15) is 0 Å². The maximum absolute atomic E-state index is 3.74. The quantitative estimate of drug-likeness (QED) is 0.871. The Bertz CT molecular complexity index is 361. The molecule has 1 heterocycles. The molecule has 0 aliphatic carbocycles. The Morgan fingerprint density at radius 1 is 1.21 bits per heavy atom. The van der Waals surface area contributed by atoms with Gasteiger partial charge in [0.2, 0.25) is 0 Å². The van der Waals surface area contributed by atoms with Gasteiger partial charge in [0, 0.05) is 24.8 Å². The normalized spacial score (nSPS) is 23.9. The molecule has 0 saturated carbocycles. The number of piperidine rings is 1. The Balaban J connectivity index is 1.89. The maximum atomic E-state index is 3.74. The summed E-state index contributed by atoms with van der Waals surface area (Å²) < 4.78 is 0. The van der Waals surface area contributed by atoms with Crippen molar-refractivity contribution in [1.82, 2.24) is 5.32 Å². The average Bonchev–Trinajstić information content (AvgIpc) is 2.39. The van der Waals surface area contributed by atoms with Crippen molar-refractivity contribution >= 4 is 5.69 Å². The van der Waals surface area contributed by atoms with Crippen molar-refractivity contribution in [2.45, 2.75) is 39.7 Å². The first-order valence-electron chi connectivity index (χ1n) is 7.68. The molecule has 1 aromatic rings. The van der Waals surface area contributed by atoms with Gasteiger partial charge in [-0.15, -0.1) is 0 Å². The lowest BCUT2D eigenvalue weighted by Gasteiger charge is -2.38. The van der Waals surface area contributed by atoms with Crippen molar-refractivity contribution < 1.29 is 0 Å². The van der Waals surface area contributed by atoms with Gasteiger partial charge < -0.3 is 10.2 Å². The maximum Gasteiger partial charge on any atom is 0.0366 e. The smallest absolute Gasteiger partial charge is 0.0366 e. The van der Waals surface area contributed by atoms with Crippen molar-refractivity contribution in [3.63, 3.8) is 0 Å². The lowest BCUT2D eigenvalue weighted by molar-refractivity contribution is 0.344. The van der Waals surface area contributed by atoms with Crippen LogP contribution in [-0.2, 0) is 0 Å². The standard InChI is InChI=1S/C17H28N2/c1-14(2)9-10-18-16-11-15(3)12-19(13-16)17-7-5-4-6-8-17/h4-8,14-16,18H,9-13H2,1-3H3. The third-order valence-electron chi connectivity index (χ3n) is 3.94. The number of hydrogen-bond acceptors (Lipinski definition) is 2. The highest BCUT2D eigenvalue weighted by atomic mass is 15.2. The molecule has 106 valence electrons. The number of para-hydroxylation sites is 1. The zero-order valence-corrected chi connectivity index (χ0v) is 12.6. The van der Waals surface area contributed by atoms with Gasteiger partial charge in [-0.05, 0) is 43.4 Å². The van der Waals surface area contributed by atoms with Crippen LogP contribution in [0.15, 0.2) is 30.3 Å². The van der Waals surface area contributed by atoms with E-state index in [0.717, 1.165) is 24.9 Å². The Labute approximate surface area is 118 Å². The number of anilines is 1. The number of nitrogens with zero attached hydrogens (tertiary/aromatic N) is 1. The Kier molecular flexibility index (Phi) is 5.26. The molecule has 2 atom stereocenters. The highest BCUT2D eigenvalue weighted by Crippen LogP contribution is 2.22. The van der Waals surface area contributed by atoms with Crippen LogP contribution in [0.3, 0.4) is 0 Å². The lowest BCUT2D eigenvalue weighted by atomic mass is 9.95. The van der Waals surface area contributed by atoms with Crippen LogP contribution in [0.25, 0.3) is 0 Å². The van der Waals surface area contributed by atoms with Crippen LogP contribution in [0, 0.1) is 11.8 Å². The van der Waals surface area contributed by atoms with E-state index in [2.05, 4.69) is 61.3 Å². The second-order valence-corrected chi connectivity index (χ2v) is 6.41. The number of hydrogen-bond donors (Lipinski definition) is 1. The Morgan fingerprint density at radius 2 is 1.95 bits per heavy atom. The van der Waals surface area contributed by atoms with E-state index < -0.39 is 0 Å². The summed E-state index contributed by atoms with van der Waals surface area (Å²) in [6, 6.07) is 11.5. The molecule has 1 fully saturated rings. The molecule has 0 bridgehead atoms. The predicted octanol–water partition coefficient (Wildman–Crippen LogP) is 3.54. The van der Waals surface area contributed by atoms with Gasteiger partial charge in [0.15, 0.2) is 0 Å². The first kappa shape index (κ1) is 14.4. The molecule has 2 rings (SSSR count). The molecular formula is C17H28N2. The largest absolute Gasteiger partial charge is 0.370 e. The fraction of sp³-hybridized carbons (Fsp3) is 0.647. The SMILES string of the molecule is CC(C)CCNC1CC(C)CN(c2ccccc2)C1. The number of nitrogens with one attached hydrogen (secondary N) is 1. The molecule has 2 heteroatoms. The molecule has 1 N–H and O–H groups in total. The Hall–Kier alpha value is -1.02. The van der Waals surface area contributed by atoms with Gasteiger partial charge in [-0.1, -0.05) is 39.0 Å². The van der Waals surface area contributed by atoms with Crippen molar-refractivity contribution in [1.29, 1.82) is 0 Å². The molecule has 1 aliphatic heterocycles. The van der Waals surface area contributed by atoms with Gasteiger partial charge in [0.25, 0.3) is 0 Å². The summed E-state index contributed by atoms with van der Waals surface area (Å²) in [7, 11) is 0. The molecule has 0 spiro atoms. The van der Waals surface area contributed by atoms with Gasteiger partial charge in [-0.3, -0.25) is 0 Å². The van der Waals surface area contributed by atoms with E-state index >= 15 is 0 Å². The minimum absolute atomic E-state index is 0.641. The van der Waals surface area contributed by atoms with E-state index in [1.54, 1.807) is 0 Å². The van der Waals surface area contributed by atoms with Gasteiger partial charge in [-0.25, -0.2) is 0 Å². The summed E-state index contributed by atoms with van der Waals surface area (Å²) >= 11 is 0. The van der Waals surface area contributed by atoms with E-state index in [9.17, 15) is 0 Å². The minimum Gasteiger partial charge on any atom is -0.370 e. The molecule has 1 saturated heterocycles. The summed E-state index contributed by atoms with van der Waals surface area (Å²) in [5, 5.41) is 3.74.